The molecule has 5 heteroatoms. The normalized spacial score (nSPS) is 9.12. The molecule has 0 saturated heterocycles. The summed E-state index contributed by atoms with van der Waals surface area (Å²) in [6.07, 6.45) is 0. The lowest BCUT2D eigenvalue weighted by molar-refractivity contribution is -0.385. The molecule has 82 valence electrons. The van der Waals surface area contributed by atoms with Crippen molar-refractivity contribution < 1.29 is 9.72 Å². The van der Waals surface area contributed by atoms with E-state index in [9.17, 15) is 14.9 Å². The van der Waals surface area contributed by atoms with Gasteiger partial charge in [0.1, 0.15) is 0 Å². The number of primary amides is 1. The summed E-state index contributed by atoms with van der Waals surface area (Å²) >= 11 is 0. The molecule has 5 nitrogen and oxygen atoms in total. The quantitative estimate of drug-likeness (QED) is 0.434. The van der Waals surface area contributed by atoms with Crippen molar-refractivity contribution in [1.82, 2.24) is 0 Å². The smallest absolute Gasteiger partial charge is 0.293 e. The van der Waals surface area contributed by atoms with Crippen LogP contribution in [0.4, 0.5) is 5.69 Å². The first kappa shape index (κ1) is 11.7. The maximum absolute atomic E-state index is 10.7. The molecule has 0 aromatic heterocycles. The molecular weight excluding hydrogens is 208 g/mol. The van der Waals surface area contributed by atoms with Gasteiger partial charge in [-0.25, -0.2) is 0 Å². The number of hydrogen-bond donors (Lipinski definition) is 1. The largest absolute Gasteiger partial charge is 0.359 e. The molecule has 0 atom stereocenters. The molecule has 0 unspecified atom stereocenters. The van der Waals surface area contributed by atoms with Crippen LogP contribution >= 0.6 is 0 Å². The van der Waals surface area contributed by atoms with Gasteiger partial charge in [-0.3, -0.25) is 14.9 Å². The van der Waals surface area contributed by atoms with Crippen LogP contribution in [0.25, 0.3) is 0 Å². The molecule has 1 aromatic carbocycles. The predicted octanol–water partition coefficient (Wildman–Crippen LogP) is 1.05. The fourth-order valence-electron chi connectivity index (χ4n) is 1.30. The van der Waals surface area contributed by atoms with E-state index < -0.39 is 10.8 Å². The van der Waals surface area contributed by atoms with Crippen LogP contribution in [-0.4, -0.2) is 10.8 Å². The van der Waals surface area contributed by atoms with Gasteiger partial charge >= 0.3 is 0 Å². The highest BCUT2D eigenvalue weighted by Crippen LogP contribution is 2.21. The second kappa shape index (κ2) is 4.45. The Labute approximate surface area is 92.4 Å². The summed E-state index contributed by atoms with van der Waals surface area (Å²) < 4.78 is 0. The number of aryl methyl sites for hydroxylation is 2. The number of hydrogen-bond acceptors (Lipinski definition) is 3. The highest BCUT2D eigenvalue weighted by Gasteiger charge is 2.12. The van der Waals surface area contributed by atoms with Crippen molar-refractivity contribution in [1.29, 1.82) is 0 Å². The lowest BCUT2D eigenvalue weighted by Crippen LogP contribution is -2.06. The molecule has 16 heavy (non-hydrogen) atoms. The summed E-state index contributed by atoms with van der Waals surface area (Å²) in [5, 5.41) is 10.7. The van der Waals surface area contributed by atoms with Gasteiger partial charge in [-0.2, -0.15) is 0 Å². The van der Waals surface area contributed by atoms with E-state index in [2.05, 4.69) is 11.8 Å². The van der Waals surface area contributed by atoms with E-state index in [-0.39, 0.29) is 5.69 Å². The fourth-order valence-corrected chi connectivity index (χ4v) is 1.30. The fraction of sp³-hybridized carbons (Fsp3) is 0.182. The topological polar surface area (TPSA) is 86.2 Å². The Morgan fingerprint density at radius 3 is 2.50 bits per heavy atom. The number of benzene rings is 1. The van der Waals surface area contributed by atoms with Gasteiger partial charge in [-0.05, 0) is 31.4 Å². The minimum atomic E-state index is -0.761. The van der Waals surface area contributed by atoms with Crippen LogP contribution in [0.2, 0.25) is 0 Å². The van der Waals surface area contributed by atoms with Crippen LogP contribution in [-0.2, 0) is 4.79 Å². The number of carbonyl (C=O) groups is 1. The maximum Gasteiger partial charge on any atom is 0.293 e. The molecule has 0 saturated carbocycles. The Morgan fingerprint density at radius 2 is 2.00 bits per heavy atom. The summed E-state index contributed by atoms with van der Waals surface area (Å²) in [7, 11) is 0. The zero-order chi connectivity index (χ0) is 12.3. The second-order valence-corrected chi connectivity index (χ2v) is 3.32. The van der Waals surface area contributed by atoms with Gasteiger partial charge < -0.3 is 5.73 Å². The minimum Gasteiger partial charge on any atom is -0.359 e. The first-order valence-electron chi connectivity index (χ1n) is 4.49. The van der Waals surface area contributed by atoms with Gasteiger partial charge in [-0.15, -0.1) is 0 Å². The third-order valence-electron chi connectivity index (χ3n) is 2.06. The molecule has 0 radical (unpaired) electrons. The average Bonchev–Trinajstić information content (AvgIpc) is 2.15. The number of nitrogens with two attached hydrogens (primary N) is 1. The molecule has 0 fully saturated rings. The standard InChI is InChI=1S/C11H10N2O3/c1-7-5-8(2)10(13(15)16)6-9(7)3-4-11(12)14/h5-6H,1-2H3,(H2,12,14). The number of nitrogens with zero attached hydrogens (tertiary/aromatic N) is 1. The molecule has 1 amide bonds. The van der Waals surface area contributed by atoms with Crippen LogP contribution in [0.3, 0.4) is 0 Å². The molecule has 0 aliphatic rings. The number of carbonyl (C=O) groups excluding carboxylic acids is 1. The highest BCUT2D eigenvalue weighted by molar-refractivity contribution is 5.92. The van der Waals surface area contributed by atoms with Crippen LogP contribution in [0, 0.1) is 35.8 Å². The highest BCUT2D eigenvalue weighted by atomic mass is 16.6. The molecule has 1 aromatic rings. The second-order valence-electron chi connectivity index (χ2n) is 3.32. The summed E-state index contributed by atoms with van der Waals surface area (Å²) in [4.78, 5) is 20.7. The monoisotopic (exact) mass is 218 g/mol. The van der Waals surface area contributed by atoms with Crippen molar-refractivity contribution in [2.45, 2.75) is 13.8 Å². The SMILES string of the molecule is Cc1cc(C)c([N+](=O)[O-])cc1C#CC(N)=O. The first-order valence-corrected chi connectivity index (χ1v) is 4.49. The Hall–Kier alpha value is -2.35. The predicted molar refractivity (Wildman–Crippen MR) is 58.6 cm³/mol. The van der Waals surface area contributed by atoms with Crippen LogP contribution in [0.15, 0.2) is 12.1 Å². The van der Waals surface area contributed by atoms with Gasteiger partial charge in [0.25, 0.3) is 11.6 Å². The maximum atomic E-state index is 10.7. The van der Waals surface area contributed by atoms with Crippen LogP contribution in [0.1, 0.15) is 16.7 Å². The van der Waals surface area contributed by atoms with E-state index in [1.54, 1.807) is 19.9 Å². The lowest BCUT2D eigenvalue weighted by atomic mass is 10.0. The van der Waals surface area contributed by atoms with Crippen molar-refractivity contribution in [2.24, 2.45) is 5.73 Å². The molecule has 1 rings (SSSR count). The third-order valence-corrected chi connectivity index (χ3v) is 2.06. The zero-order valence-corrected chi connectivity index (χ0v) is 8.90. The van der Waals surface area contributed by atoms with Gasteiger partial charge in [0, 0.05) is 17.2 Å². The third kappa shape index (κ3) is 2.58. The molecular formula is C11H10N2O3. The van der Waals surface area contributed by atoms with E-state index in [4.69, 9.17) is 5.73 Å². The van der Waals surface area contributed by atoms with Crippen LogP contribution < -0.4 is 5.73 Å². The van der Waals surface area contributed by atoms with Gasteiger partial charge in [0.15, 0.2) is 0 Å². The van der Waals surface area contributed by atoms with Gasteiger partial charge in [0.2, 0.25) is 0 Å². The van der Waals surface area contributed by atoms with Crippen molar-refractivity contribution in [3.05, 3.63) is 38.9 Å². The summed E-state index contributed by atoms with van der Waals surface area (Å²) in [6.45, 7) is 3.41. The summed E-state index contributed by atoms with van der Waals surface area (Å²) in [6, 6.07) is 3.00. The molecule has 0 spiro atoms. The molecule has 0 aliphatic carbocycles. The van der Waals surface area contributed by atoms with E-state index in [0.717, 1.165) is 5.56 Å². The van der Waals surface area contributed by atoms with E-state index >= 15 is 0 Å². The first-order chi connectivity index (χ1) is 7.41. The molecule has 0 bridgehead atoms. The van der Waals surface area contributed by atoms with E-state index in [1.165, 1.54) is 6.07 Å². The van der Waals surface area contributed by atoms with Crippen LogP contribution in [0.5, 0.6) is 0 Å². The van der Waals surface area contributed by atoms with Crippen molar-refractivity contribution in [3.8, 4) is 11.8 Å². The lowest BCUT2D eigenvalue weighted by Gasteiger charge is -2.01. The van der Waals surface area contributed by atoms with Crippen molar-refractivity contribution in [3.63, 3.8) is 0 Å². The Morgan fingerprint density at radius 1 is 1.38 bits per heavy atom. The molecule has 0 aliphatic heterocycles. The minimum absolute atomic E-state index is 0.0145. The van der Waals surface area contributed by atoms with Crippen molar-refractivity contribution >= 4 is 11.6 Å². The Balaban J connectivity index is 3.32. The van der Waals surface area contributed by atoms with E-state index in [1.807, 2.05) is 0 Å². The Bertz CT molecular complexity index is 524. The zero-order valence-electron chi connectivity index (χ0n) is 8.90. The van der Waals surface area contributed by atoms with Crippen molar-refractivity contribution in [2.75, 3.05) is 0 Å². The molecule has 2 N–H and O–H groups in total. The molecule has 0 heterocycles. The van der Waals surface area contributed by atoms with E-state index in [0.29, 0.717) is 11.1 Å². The van der Waals surface area contributed by atoms with Gasteiger partial charge in [-0.1, -0.05) is 5.92 Å². The Kier molecular flexibility index (Phi) is 3.26. The summed E-state index contributed by atoms with van der Waals surface area (Å²) in [5.41, 5.74) is 6.64. The number of nitro benzene ring substituents is 1. The van der Waals surface area contributed by atoms with Gasteiger partial charge in [0.05, 0.1) is 4.92 Å². The number of nitro groups is 1. The summed E-state index contributed by atoms with van der Waals surface area (Å²) in [5.74, 6) is 3.90. The average molecular weight is 218 g/mol. The number of rotatable bonds is 1. The number of amides is 1.